The summed E-state index contributed by atoms with van der Waals surface area (Å²) < 4.78 is 5.38. The Morgan fingerprint density at radius 1 is 1.16 bits per heavy atom. The van der Waals surface area contributed by atoms with Gasteiger partial charge in [-0.15, -0.1) is 0 Å². The summed E-state index contributed by atoms with van der Waals surface area (Å²) in [6.45, 7) is 2.49. The van der Waals surface area contributed by atoms with Crippen molar-refractivity contribution >= 4 is 46.4 Å². The van der Waals surface area contributed by atoms with E-state index in [2.05, 4.69) is 5.32 Å². The molecule has 0 spiro atoms. The van der Waals surface area contributed by atoms with E-state index < -0.39 is 6.04 Å². The zero-order valence-electron chi connectivity index (χ0n) is 13.5. The second-order valence-corrected chi connectivity index (χ2v) is 6.37. The minimum atomic E-state index is -0.641. The summed E-state index contributed by atoms with van der Waals surface area (Å²) in [4.78, 5) is 26.1. The van der Waals surface area contributed by atoms with Crippen molar-refractivity contribution in [3.63, 3.8) is 0 Å². The maximum Gasteiger partial charge on any atom is 0.256 e. The van der Waals surface area contributed by atoms with Crippen molar-refractivity contribution in [1.82, 2.24) is 0 Å². The minimum Gasteiger partial charge on any atom is -0.494 e. The number of imide groups is 1. The first kappa shape index (κ1) is 17.6. The maximum absolute atomic E-state index is 12.7. The molecule has 1 heterocycles. The molecular formula is C18H16Cl2N2O3. The molecule has 0 unspecified atom stereocenters. The first-order chi connectivity index (χ1) is 12.0. The number of ether oxygens (including phenoxy) is 1. The van der Waals surface area contributed by atoms with Gasteiger partial charge in [0, 0.05) is 10.7 Å². The third-order valence-electron chi connectivity index (χ3n) is 3.80. The van der Waals surface area contributed by atoms with Gasteiger partial charge >= 0.3 is 0 Å². The van der Waals surface area contributed by atoms with Crippen LogP contribution in [-0.2, 0) is 9.59 Å². The van der Waals surface area contributed by atoms with E-state index in [4.69, 9.17) is 27.9 Å². The Hall–Kier alpha value is -2.24. The lowest BCUT2D eigenvalue weighted by molar-refractivity contribution is -0.121. The van der Waals surface area contributed by atoms with Crippen molar-refractivity contribution in [2.45, 2.75) is 19.4 Å². The SMILES string of the molecule is CCOc1ccc(N[C@H]2CC(=O)N(c3ccc(Cl)cc3Cl)C2=O)cc1. The van der Waals surface area contributed by atoms with Gasteiger partial charge in [-0.25, -0.2) is 4.90 Å². The first-order valence-corrected chi connectivity index (χ1v) is 8.56. The average Bonchev–Trinajstić information content (AvgIpc) is 2.84. The van der Waals surface area contributed by atoms with E-state index in [1.54, 1.807) is 36.4 Å². The van der Waals surface area contributed by atoms with Crippen LogP contribution < -0.4 is 15.0 Å². The van der Waals surface area contributed by atoms with Crippen molar-refractivity contribution in [2.75, 3.05) is 16.8 Å². The van der Waals surface area contributed by atoms with Crippen molar-refractivity contribution < 1.29 is 14.3 Å². The van der Waals surface area contributed by atoms with Crippen LogP contribution in [0, 0.1) is 0 Å². The largest absolute Gasteiger partial charge is 0.494 e. The van der Waals surface area contributed by atoms with Gasteiger partial charge in [0.05, 0.1) is 23.7 Å². The lowest BCUT2D eigenvalue weighted by Gasteiger charge is -2.17. The monoisotopic (exact) mass is 378 g/mol. The fraction of sp³-hybridized carbons (Fsp3) is 0.222. The van der Waals surface area contributed by atoms with Gasteiger partial charge in [0.15, 0.2) is 0 Å². The van der Waals surface area contributed by atoms with Gasteiger partial charge in [0.25, 0.3) is 5.91 Å². The summed E-state index contributed by atoms with van der Waals surface area (Å²) in [7, 11) is 0. The normalized spacial score (nSPS) is 17.1. The molecule has 130 valence electrons. The topological polar surface area (TPSA) is 58.6 Å². The fourth-order valence-electron chi connectivity index (χ4n) is 2.68. The van der Waals surface area contributed by atoms with Crippen LogP contribution in [0.4, 0.5) is 11.4 Å². The third kappa shape index (κ3) is 3.72. The number of hydrogen-bond donors (Lipinski definition) is 1. The fourth-order valence-corrected chi connectivity index (χ4v) is 3.17. The number of nitrogens with one attached hydrogen (secondary N) is 1. The molecule has 2 aromatic carbocycles. The molecule has 2 aromatic rings. The Balaban J connectivity index is 1.76. The van der Waals surface area contributed by atoms with E-state index in [1.165, 1.54) is 6.07 Å². The molecule has 1 saturated heterocycles. The Morgan fingerprint density at radius 2 is 1.88 bits per heavy atom. The Kier molecular flexibility index (Phi) is 5.16. The number of rotatable bonds is 5. The van der Waals surface area contributed by atoms with Crippen molar-refractivity contribution in [1.29, 1.82) is 0 Å². The first-order valence-electron chi connectivity index (χ1n) is 7.81. The van der Waals surface area contributed by atoms with Crippen molar-refractivity contribution in [3.05, 3.63) is 52.5 Å². The third-order valence-corrected chi connectivity index (χ3v) is 4.34. The van der Waals surface area contributed by atoms with Crippen molar-refractivity contribution in [2.24, 2.45) is 0 Å². The highest BCUT2D eigenvalue weighted by Crippen LogP contribution is 2.33. The zero-order chi connectivity index (χ0) is 18.0. The molecule has 2 amide bonds. The molecule has 0 saturated carbocycles. The number of carbonyl (C=O) groups is 2. The number of hydrogen-bond acceptors (Lipinski definition) is 4. The summed E-state index contributed by atoms with van der Waals surface area (Å²) >= 11 is 12.0. The number of nitrogens with zero attached hydrogens (tertiary/aromatic N) is 1. The van der Waals surface area contributed by atoms with Crippen LogP contribution in [0.25, 0.3) is 0 Å². The lowest BCUT2D eigenvalue weighted by Crippen LogP contribution is -2.35. The molecule has 1 aliphatic rings. The summed E-state index contributed by atoms with van der Waals surface area (Å²) in [5, 5.41) is 3.79. The number of halogens is 2. The van der Waals surface area contributed by atoms with E-state index in [-0.39, 0.29) is 23.3 Å². The van der Waals surface area contributed by atoms with Crippen LogP contribution in [0.2, 0.25) is 10.0 Å². The van der Waals surface area contributed by atoms with E-state index in [9.17, 15) is 9.59 Å². The van der Waals surface area contributed by atoms with Gasteiger partial charge in [-0.1, -0.05) is 23.2 Å². The predicted octanol–water partition coefficient (Wildman–Crippen LogP) is 4.14. The molecule has 5 nitrogen and oxygen atoms in total. The Morgan fingerprint density at radius 3 is 2.52 bits per heavy atom. The molecule has 1 fully saturated rings. The summed E-state index contributed by atoms with van der Waals surface area (Å²) in [6.07, 6.45) is 0.0605. The van der Waals surface area contributed by atoms with E-state index in [1.807, 2.05) is 6.92 Å². The second kappa shape index (κ2) is 7.33. The van der Waals surface area contributed by atoms with Gasteiger partial charge in [-0.2, -0.15) is 0 Å². The molecule has 25 heavy (non-hydrogen) atoms. The summed E-state index contributed by atoms with van der Waals surface area (Å²) in [5.74, 6) is 0.0946. The molecule has 3 rings (SSSR count). The van der Waals surface area contributed by atoms with Gasteiger partial charge < -0.3 is 10.1 Å². The van der Waals surface area contributed by atoms with Crippen LogP contribution in [0.15, 0.2) is 42.5 Å². The van der Waals surface area contributed by atoms with Crippen LogP contribution in [0.5, 0.6) is 5.75 Å². The predicted molar refractivity (Wildman–Crippen MR) is 98.6 cm³/mol. The molecule has 1 N–H and O–H groups in total. The summed E-state index contributed by atoms with van der Waals surface area (Å²) in [6, 6.07) is 11.3. The number of benzene rings is 2. The van der Waals surface area contributed by atoms with Gasteiger partial charge in [0.1, 0.15) is 11.8 Å². The Bertz CT molecular complexity index is 808. The average molecular weight is 379 g/mol. The molecule has 1 aliphatic heterocycles. The zero-order valence-corrected chi connectivity index (χ0v) is 15.0. The van der Waals surface area contributed by atoms with Crippen LogP contribution >= 0.6 is 23.2 Å². The van der Waals surface area contributed by atoms with Crippen LogP contribution in [-0.4, -0.2) is 24.5 Å². The van der Waals surface area contributed by atoms with Gasteiger partial charge in [-0.3, -0.25) is 9.59 Å². The smallest absolute Gasteiger partial charge is 0.256 e. The number of anilines is 2. The molecule has 1 atom stereocenters. The van der Waals surface area contributed by atoms with E-state index in [0.29, 0.717) is 17.3 Å². The minimum absolute atomic E-state index is 0.0605. The molecule has 0 aromatic heterocycles. The van der Waals surface area contributed by atoms with Crippen molar-refractivity contribution in [3.8, 4) is 5.75 Å². The lowest BCUT2D eigenvalue weighted by atomic mass is 10.2. The molecular weight excluding hydrogens is 363 g/mol. The number of carbonyl (C=O) groups excluding carboxylic acids is 2. The highest BCUT2D eigenvalue weighted by molar-refractivity contribution is 6.38. The quantitative estimate of drug-likeness (QED) is 0.794. The Labute approximate surface area is 155 Å². The highest BCUT2D eigenvalue weighted by Gasteiger charge is 2.40. The molecule has 0 radical (unpaired) electrons. The van der Waals surface area contributed by atoms with Crippen LogP contribution in [0.3, 0.4) is 0 Å². The number of amides is 2. The standard InChI is InChI=1S/C18H16Cl2N2O3/c1-2-25-13-6-4-12(5-7-13)21-15-10-17(23)22(18(15)24)16-8-3-11(19)9-14(16)20/h3-9,15,21H,2,10H2,1H3/t15-/m0/s1. The molecule has 0 aliphatic carbocycles. The van der Waals surface area contributed by atoms with Crippen LogP contribution in [0.1, 0.15) is 13.3 Å². The summed E-state index contributed by atoms with van der Waals surface area (Å²) in [5.41, 5.74) is 1.08. The molecule has 0 bridgehead atoms. The van der Waals surface area contributed by atoms with Gasteiger partial charge in [0.2, 0.25) is 5.91 Å². The molecule has 7 heteroatoms. The highest BCUT2D eigenvalue weighted by atomic mass is 35.5. The van der Waals surface area contributed by atoms with E-state index in [0.717, 1.165) is 16.3 Å². The second-order valence-electron chi connectivity index (χ2n) is 5.52. The van der Waals surface area contributed by atoms with Gasteiger partial charge in [-0.05, 0) is 49.4 Å². The maximum atomic E-state index is 12.7. The van der Waals surface area contributed by atoms with E-state index >= 15 is 0 Å².